The van der Waals surface area contributed by atoms with Gasteiger partial charge in [0, 0.05) is 12.6 Å². The monoisotopic (exact) mass is 171 g/mol. The summed E-state index contributed by atoms with van der Waals surface area (Å²) < 4.78 is 0. The normalized spacial score (nSPS) is 37.8. The van der Waals surface area contributed by atoms with Gasteiger partial charge >= 0.3 is 0 Å². The van der Waals surface area contributed by atoms with Crippen LogP contribution in [0.25, 0.3) is 0 Å². The molecule has 0 amide bonds. The summed E-state index contributed by atoms with van der Waals surface area (Å²) in [6.45, 7) is 2.68. The first-order chi connectivity index (χ1) is 5.76. The second kappa shape index (κ2) is 4.83. The fourth-order valence-electron chi connectivity index (χ4n) is 2.14. The van der Waals surface area contributed by atoms with Gasteiger partial charge in [0.05, 0.1) is 0 Å². The van der Waals surface area contributed by atoms with E-state index in [-0.39, 0.29) is 0 Å². The van der Waals surface area contributed by atoms with E-state index in [2.05, 4.69) is 12.2 Å². The first kappa shape index (κ1) is 10.0. The molecule has 0 radical (unpaired) electrons. The zero-order valence-corrected chi connectivity index (χ0v) is 8.21. The van der Waals surface area contributed by atoms with Crippen molar-refractivity contribution in [3.05, 3.63) is 0 Å². The number of hydrogen-bond acceptors (Lipinski definition) is 2. The summed E-state index contributed by atoms with van der Waals surface area (Å²) in [5.74, 6) is 1.35. The maximum atomic E-state index is 9.09. The van der Waals surface area contributed by atoms with Crippen molar-refractivity contribution < 1.29 is 5.11 Å². The molecule has 1 aliphatic carbocycles. The third-order valence-corrected chi connectivity index (χ3v) is 3.04. The summed E-state index contributed by atoms with van der Waals surface area (Å²) in [6, 6.07) is 0.625. The van der Waals surface area contributed by atoms with Gasteiger partial charge < -0.3 is 10.4 Å². The fraction of sp³-hybridized carbons (Fsp3) is 1.00. The summed E-state index contributed by atoms with van der Waals surface area (Å²) in [5.41, 5.74) is 0. The molecule has 2 heteroatoms. The smallest absolute Gasteiger partial charge is 0.0459 e. The van der Waals surface area contributed by atoms with Crippen LogP contribution in [0.1, 0.15) is 32.6 Å². The number of rotatable bonds is 2. The van der Waals surface area contributed by atoms with Gasteiger partial charge in [-0.15, -0.1) is 0 Å². The predicted molar refractivity (Wildman–Crippen MR) is 51.1 cm³/mol. The Morgan fingerprint density at radius 1 is 1.33 bits per heavy atom. The molecule has 0 aromatic carbocycles. The van der Waals surface area contributed by atoms with Crippen molar-refractivity contribution in [1.29, 1.82) is 0 Å². The van der Waals surface area contributed by atoms with Gasteiger partial charge in [-0.25, -0.2) is 0 Å². The van der Waals surface area contributed by atoms with Crippen LogP contribution in [0, 0.1) is 11.8 Å². The van der Waals surface area contributed by atoms with Crippen molar-refractivity contribution in [3.63, 3.8) is 0 Å². The minimum Gasteiger partial charge on any atom is -0.396 e. The Kier molecular flexibility index (Phi) is 4.02. The summed E-state index contributed by atoms with van der Waals surface area (Å²) in [4.78, 5) is 0. The molecule has 0 spiro atoms. The van der Waals surface area contributed by atoms with E-state index in [4.69, 9.17) is 5.11 Å². The standard InChI is InChI=1S/C10H21NO/c1-8-3-4-9(7-12)6-10(5-8)11-2/h8-12H,3-7H2,1-2H3. The van der Waals surface area contributed by atoms with Crippen LogP contribution in [-0.4, -0.2) is 24.8 Å². The molecule has 0 aromatic rings. The quantitative estimate of drug-likeness (QED) is 0.615. The highest BCUT2D eigenvalue weighted by Gasteiger charge is 2.21. The molecule has 0 aromatic heterocycles. The molecule has 1 rings (SSSR count). The van der Waals surface area contributed by atoms with Crippen molar-refractivity contribution in [3.8, 4) is 0 Å². The van der Waals surface area contributed by atoms with Crippen LogP contribution in [0.2, 0.25) is 0 Å². The van der Waals surface area contributed by atoms with E-state index in [0.717, 1.165) is 12.3 Å². The van der Waals surface area contributed by atoms with Gasteiger partial charge in [0.1, 0.15) is 0 Å². The van der Waals surface area contributed by atoms with E-state index in [0.29, 0.717) is 18.6 Å². The zero-order chi connectivity index (χ0) is 8.97. The second-order valence-electron chi connectivity index (χ2n) is 4.19. The Hall–Kier alpha value is -0.0800. The first-order valence-corrected chi connectivity index (χ1v) is 5.04. The molecule has 0 aliphatic heterocycles. The third kappa shape index (κ3) is 2.76. The second-order valence-corrected chi connectivity index (χ2v) is 4.19. The van der Waals surface area contributed by atoms with Crippen molar-refractivity contribution in [2.45, 2.75) is 38.6 Å². The third-order valence-electron chi connectivity index (χ3n) is 3.04. The number of aliphatic hydroxyl groups is 1. The molecule has 0 saturated heterocycles. The summed E-state index contributed by atoms with van der Waals surface area (Å²) in [5, 5.41) is 12.4. The van der Waals surface area contributed by atoms with Crippen molar-refractivity contribution in [2.75, 3.05) is 13.7 Å². The van der Waals surface area contributed by atoms with Crippen LogP contribution in [0.15, 0.2) is 0 Å². The molecule has 3 unspecified atom stereocenters. The van der Waals surface area contributed by atoms with Crippen molar-refractivity contribution in [1.82, 2.24) is 5.32 Å². The number of hydrogen-bond donors (Lipinski definition) is 2. The highest BCUT2D eigenvalue weighted by Crippen LogP contribution is 2.26. The molecule has 1 aliphatic rings. The minimum absolute atomic E-state index is 0.366. The molecular formula is C10H21NO. The van der Waals surface area contributed by atoms with E-state index in [1.54, 1.807) is 0 Å². The van der Waals surface area contributed by atoms with Crippen LogP contribution < -0.4 is 5.32 Å². The van der Waals surface area contributed by atoms with Gasteiger partial charge in [-0.1, -0.05) is 13.3 Å². The van der Waals surface area contributed by atoms with E-state index in [9.17, 15) is 0 Å². The van der Waals surface area contributed by atoms with Gasteiger partial charge in [-0.05, 0) is 38.1 Å². The molecule has 0 bridgehead atoms. The molecule has 12 heavy (non-hydrogen) atoms. The Balaban J connectivity index is 2.43. The van der Waals surface area contributed by atoms with Crippen LogP contribution in [0.4, 0.5) is 0 Å². The molecule has 2 N–H and O–H groups in total. The zero-order valence-electron chi connectivity index (χ0n) is 8.21. The number of nitrogens with one attached hydrogen (secondary N) is 1. The first-order valence-electron chi connectivity index (χ1n) is 5.04. The summed E-state index contributed by atoms with van der Waals surface area (Å²) in [6.07, 6.45) is 4.91. The summed E-state index contributed by atoms with van der Waals surface area (Å²) in [7, 11) is 2.02. The highest BCUT2D eigenvalue weighted by molar-refractivity contribution is 4.77. The van der Waals surface area contributed by atoms with Crippen LogP contribution in [-0.2, 0) is 0 Å². The lowest BCUT2D eigenvalue weighted by Crippen LogP contribution is -2.28. The number of aliphatic hydroxyl groups excluding tert-OH is 1. The topological polar surface area (TPSA) is 32.3 Å². The van der Waals surface area contributed by atoms with E-state index >= 15 is 0 Å². The van der Waals surface area contributed by atoms with Crippen LogP contribution >= 0.6 is 0 Å². The molecule has 1 fully saturated rings. The lowest BCUT2D eigenvalue weighted by molar-refractivity contribution is 0.205. The lowest BCUT2D eigenvalue weighted by Gasteiger charge is -2.18. The maximum absolute atomic E-state index is 9.09. The Labute approximate surface area is 75.4 Å². The minimum atomic E-state index is 0.366. The lowest BCUT2D eigenvalue weighted by atomic mass is 9.99. The van der Waals surface area contributed by atoms with Crippen LogP contribution in [0.5, 0.6) is 0 Å². The Morgan fingerprint density at radius 3 is 2.67 bits per heavy atom. The fourth-order valence-corrected chi connectivity index (χ4v) is 2.14. The Morgan fingerprint density at radius 2 is 2.08 bits per heavy atom. The molecule has 1 saturated carbocycles. The average Bonchev–Trinajstić information content (AvgIpc) is 2.26. The van der Waals surface area contributed by atoms with Gasteiger partial charge in [0.2, 0.25) is 0 Å². The van der Waals surface area contributed by atoms with Crippen molar-refractivity contribution in [2.24, 2.45) is 11.8 Å². The molecule has 72 valence electrons. The highest BCUT2D eigenvalue weighted by atomic mass is 16.3. The average molecular weight is 171 g/mol. The molecular weight excluding hydrogens is 150 g/mol. The van der Waals surface area contributed by atoms with E-state index in [1.807, 2.05) is 7.05 Å². The summed E-state index contributed by atoms with van der Waals surface area (Å²) >= 11 is 0. The predicted octanol–water partition coefficient (Wildman–Crippen LogP) is 1.39. The largest absolute Gasteiger partial charge is 0.396 e. The molecule has 3 atom stereocenters. The van der Waals surface area contributed by atoms with Gasteiger partial charge in [0.25, 0.3) is 0 Å². The van der Waals surface area contributed by atoms with Gasteiger partial charge in [-0.2, -0.15) is 0 Å². The maximum Gasteiger partial charge on any atom is 0.0459 e. The Bertz CT molecular complexity index is 127. The van der Waals surface area contributed by atoms with Crippen LogP contribution in [0.3, 0.4) is 0 Å². The van der Waals surface area contributed by atoms with Crippen molar-refractivity contribution >= 4 is 0 Å². The van der Waals surface area contributed by atoms with E-state index < -0.39 is 0 Å². The molecule has 0 heterocycles. The SMILES string of the molecule is CNC1CC(C)CCC(CO)C1. The van der Waals surface area contributed by atoms with E-state index in [1.165, 1.54) is 19.3 Å². The van der Waals surface area contributed by atoms with Gasteiger partial charge in [-0.3, -0.25) is 0 Å². The molecule has 2 nitrogen and oxygen atoms in total. The van der Waals surface area contributed by atoms with Gasteiger partial charge in [0.15, 0.2) is 0 Å².